The zero-order chi connectivity index (χ0) is 17.9. The fourth-order valence-corrected chi connectivity index (χ4v) is 4.16. The van der Waals surface area contributed by atoms with Crippen LogP contribution in [0.5, 0.6) is 0 Å². The second-order valence-corrected chi connectivity index (χ2v) is 7.29. The summed E-state index contributed by atoms with van der Waals surface area (Å²) in [6, 6.07) is 4.20. The summed E-state index contributed by atoms with van der Waals surface area (Å²) in [5.74, 6) is 1.28. The van der Waals surface area contributed by atoms with E-state index in [1.807, 2.05) is 20.0 Å². The third kappa shape index (κ3) is 3.58. The number of nitrogens with zero attached hydrogens (tertiary/aromatic N) is 5. The third-order valence-electron chi connectivity index (χ3n) is 4.66. The lowest BCUT2D eigenvalue weighted by atomic mass is 10.2. The molecule has 1 aliphatic heterocycles. The Morgan fingerprint density at radius 2 is 2.12 bits per heavy atom. The topological polar surface area (TPSA) is 67.5 Å². The number of hydrogen-bond acceptors (Lipinski definition) is 8. The molecule has 0 bridgehead atoms. The summed E-state index contributed by atoms with van der Waals surface area (Å²) in [5.41, 5.74) is 2.37. The first-order chi connectivity index (χ1) is 12.7. The van der Waals surface area contributed by atoms with Crippen LogP contribution in [-0.4, -0.2) is 52.8 Å². The van der Waals surface area contributed by atoms with E-state index < -0.39 is 0 Å². The van der Waals surface area contributed by atoms with Crippen molar-refractivity contribution in [3.05, 3.63) is 35.4 Å². The highest BCUT2D eigenvalue weighted by Crippen LogP contribution is 2.30. The fraction of sp³-hybridized carbons (Fsp3) is 0.500. The van der Waals surface area contributed by atoms with E-state index in [1.165, 1.54) is 10.4 Å². The minimum Gasteiger partial charge on any atom is -0.371 e. The Labute approximate surface area is 156 Å². The number of fused-ring (bicyclic) bond motifs is 1. The maximum absolute atomic E-state index is 5.51. The lowest BCUT2D eigenvalue weighted by molar-refractivity contribution is 0.0683. The Kier molecular flexibility index (Phi) is 5.14. The first-order valence-electron chi connectivity index (χ1n) is 8.98. The van der Waals surface area contributed by atoms with Crippen molar-refractivity contribution in [3.8, 4) is 0 Å². The second kappa shape index (κ2) is 7.69. The van der Waals surface area contributed by atoms with Gasteiger partial charge in [0.05, 0.1) is 22.4 Å². The molecule has 8 heteroatoms. The molecule has 4 rings (SSSR count). The monoisotopic (exact) mass is 373 g/mol. The second-order valence-electron chi connectivity index (χ2n) is 6.37. The Hall–Kier alpha value is -2.03. The third-order valence-corrected chi connectivity index (χ3v) is 5.59. The van der Waals surface area contributed by atoms with Gasteiger partial charge in [0, 0.05) is 39.0 Å². The molecular formula is C18H23N5O2S. The van der Waals surface area contributed by atoms with Crippen molar-refractivity contribution in [1.29, 1.82) is 0 Å². The molecule has 26 heavy (non-hydrogen) atoms. The van der Waals surface area contributed by atoms with E-state index in [-0.39, 0.29) is 6.10 Å². The van der Waals surface area contributed by atoms with Crippen molar-refractivity contribution in [2.24, 2.45) is 0 Å². The smallest absolute Gasteiger partial charge is 0.240 e. The summed E-state index contributed by atoms with van der Waals surface area (Å²) < 4.78 is 12.2. The van der Waals surface area contributed by atoms with Crippen LogP contribution in [0.3, 0.4) is 0 Å². The van der Waals surface area contributed by atoms with E-state index in [9.17, 15) is 0 Å². The van der Waals surface area contributed by atoms with Crippen molar-refractivity contribution < 1.29 is 9.26 Å². The molecule has 7 nitrogen and oxygen atoms in total. The van der Waals surface area contributed by atoms with Crippen LogP contribution in [0.1, 0.15) is 31.7 Å². The largest absolute Gasteiger partial charge is 0.371 e. The van der Waals surface area contributed by atoms with Gasteiger partial charge in [0.2, 0.25) is 5.89 Å². The maximum atomic E-state index is 5.51. The minimum atomic E-state index is -0.130. The van der Waals surface area contributed by atoms with Gasteiger partial charge in [-0.2, -0.15) is 4.98 Å². The fourth-order valence-electron chi connectivity index (χ4n) is 3.27. The van der Waals surface area contributed by atoms with Crippen LogP contribution >= 0.6 is 11.3 Å². The van der Waals surface area contributed by atoms with Crippen molar-refractivity contribution in [2.45, 2.75) is 26.5 Å². The maximum Gasteiger partial charge on any atom is 0.240 e. The number of hydrogen-bond donors (Lipinski definition) is 0. The summed E-state index contributed by atoms with van der Waals surface area (Å²) in [6.07, 6.45) is 1.77. The minimum absolute atomic E-state index is 0.130. The standard InChI is InChI=1S/C18H23N5O2S/c1-3-24-13(2)18-20-16(25-21-18)12-22-7-9-23(10-8-22)15-4-6-19-14-5-11-26-17(14)15/h4-6,11,13H,3,7-10,12H2,1-2H3. The highest BCUT2D eigenvalue weighted by Gasteiger charge is 2.22. The molecule has 0 N–H and O–H groups in total. The average Bonchev–Trinajstić information content (AvgIpc) is 3.31. The van der Waals surface area contributed by atoms with Crippen LogP contribution in [-0.2, 0) is 11.3 Å². The first kappa shape index (κ1) is 17.4. The van der Waals surface area contributed by atoms with E-state index in [0.717, 1.165) is 31.7 Å². The van der Waals surface area contributed by atoms with E-state index in [4.69, 9.17) is 9.26 Å². The van der Waals surface area contributed by atoms with Gasteiger partial charge < -0.3 is 14.2 Å². The van der Waals surface area contributed by atoms with Gasteiger partial charge in [-0.3, -0.25) is 9.88 Å². The number of rotatable bonds is 6. The number of aromatic nitrogens is 3. The van der Waals surface area contributed by atoms with Crippen LogP contribution in [0.25, 0.3) is 10.2 Å². The predicted octanol–water partition coefficient (Wildman–Crippen LogP) is 3.10. The SMILES string of the molecule is CCOC(C)c1noc(CN2CCN(c3ccnc4ccsc34)CC2)n1. The molecule has 4 heterocycles. The number of ether oxygens (including phenoxy) is 1. The van der Waals surface area contributed by atoms with E-state index in [1.54, 1.807) is 11.3 Å². The van der Waals surface area contributed by atoms with Gasteiger partial charge in [0.25, 0.3) is 0 Å². The van der Waals surface area contributed by atoms with Gasteiger partial charge in [-0.05, 0) is 31.4 Å². The van der Waals surface area contributed by atoms with Crippen LogP contribution < -0.4 is 4.90 Å². The van der Waals surface area contributed by atoms with Gasteiger partial charge in [-0.15, -0.1) is 11.3 Å². The predicted molar refractivity (Wildman–Crippen MR) is 101 cm³/mol. The van der Waals surface area contributed by atoms with Gasteiger partial charge in [0.15, 0.2) is 5.82 Å². The molecule has 1 atom stereocenters. The molecule has 1 saturated heterocycles. The van der Waals surface area contributed by atoms with E-state index >= 15 is 0 Å². The zero-order valence-electron chi connectivity index (χ0n) is 15.1. The van der Waals surface area contributed by atoms with E-state index in [2.05, 4.69) is 42.4 Å². The lowest BCUT2D eigenvalue weighted by Gasteiger charge is -2.35. The van der Waals surface area contributed by atoms with Crippen LogP contribution in [0.4, 0.5) is 5.69 Å². The zero-order valence-corrected chi connectivity index (χ0v) is 15.9. The lowest BCUT2D eigenvalue weighted by Crippen LogP contribution is -2.46. The number of thiophene rings is 1. The molecule has 1 unspecified atom stereocenters. The summed E-state index contributed by atoms with van der Waals surface area (Å²) in [6.45, 7) is 9.12. The quantitative estimate of drug-likeness (QED) is 0.658. The highest BCUT2D eigenvalue weighted by molar-refractivity contribution is 7.17. The van der Waals surface area contributed by atoms with Gasteiger partial charge in [0.1, 0.15) is 6.10 Å². The van der Waals surface area contributed by atoms with Gasteiger partial charge >= 0.3 is 0 Å². The Bertz CT molecular complexity index is 856. The molecule has 3 aromatic heterocycles. The Balaban J connectivity index is 1.36. The molecule has 0 radical (unpaired) electrons. The van der Waals surface area contributed by atoms with E-state index in [0.29, 0.717) is 24.9 Å². The average molecular weight is 373 g/mol. The number of piperazine rings is 1. The summed E-state index contributed by atoms with van der Waals surface area (Å²) >= 11 is 1.76. The molecule has 1 fully saturated rings. The first-order valence-corrected chi connectivity index (χ1v) is 9.86. The Morgan fingerprint density at radius 1 is 1.27 bits per heavy atom. The molecular weight excluding hydrogens is 350 g/mol. The molecule has 1 aliphatic rings. The summed E-state index contributed by atoms with van der Waals surface area (Å²) in [4.78, 5) is 13.7. The van der Waals surface area contributed by atoms with Crippen LogP contribution in [0.2, 0.25) is 0 Å². The van der Waals surface area contributed by atoms with Crippen molar-refractivity contribution in [1.82, 2.24) is 20.0 Å². The van der Waals surface area contributed by atoms with Gasteiger partial charge in [-0.25, -0.2) is 0 Å². The molecule has 0 amide bonds. The summed E-state index contributed by atoms with van der Waals surface area (Å²) in [7, 11) is 0. The molecule has 0 saturated carbocycles. The molecule has 138 valence electrons. The highest BCUT2D eigenvalue weighted by atomic mass is 32.1. The molecule has 3 aromatic rings. The van der Waals surface area contributed by atoms with Crippen LogP contribution in [0.15, 0.2) is 28.2 Å². The number of anilines is 1. The summed E-state index contributed by atoms with van der Waals surface area (Å²) in [5, 5.41) is 6.14. The molecule has 0 aromatic carbocycles. The Morgan fingerprint density at radius 3 is 2.92 bits per heavy atom. The molecule has 0 aliphatic carbocycles. The van der Waals surface area contributed by atoms with Gasteiger partial charge in [-0.1, -0.05) is 5.16 Å². The molecule has 0 spiro atoms. The van der Waals surface area contributed by atoms with Crippen molar-refractivity contribution in [2.75, 3.05) is 37.7 Å². The van der Waals surface area contributed by atoms with Crippen molar-refractivity contribution >= 4 is 27.2 Å². The van der Waals surface area contributed by atoms with Crippen LogP contribution in [0, 0.1) is 0 Å². The van der Waals surface area contributed by atoms with Crippen molar-refractivity contribution in [3.63, 3.8) is 0 Å². The number of pyridine rings is 1. The normalized spacial score (nSPS) is 17.1.